The first-order chi connectivity index (χ1) is 9.76. The minimum absolute atomic E-state index is 0.0472. The van der Waals surface area contributed by atoms with Crippen molar-refractivity contribution in [2.75, 3.05) is 13.1 Å². The Kier molecular flexibility index (Phi) is 4.57. The molecule has 0 spiro atoms. The molecule has 1 fully saturated rings. The number of hydrogen-bond donors (Lipinski definition) is 1. The van der Waals surface area contributed by atoms with E-state index >= 15 is 0 Å². The van der Waals surface area contributed by atoms with Crippen LogP contribution in [0.1, 0.15) is 44.2 Å². The monoisotopic (exact) mass is 290 g/mol. The van der Waals surface area contributed by atoms with Crippen LogP contribution in [0, 0.1) is 6.92 Å². The number of piperidine rings is 1. The topological polar surface area (TPSA) is 55.6 Å². The molecule has 2 atom stereocenters. The zero-order valence-electron chi connectivity index (χ0n) is 13.4. The number of aryl methyl sites for hydroxylation is 1. The third-order valence-corrected chi connectivity index (χ3v) is 3.82. The van der Waals surface area contributed by atoms with Crippen molar-refractivity contribution < 1.29 is 9.53 Å². The highest BCUT2D eigenvalue weighted by molar-refractivity contribution is 5.68. The van der Waals surface area contributed by atoms with E-state index in [4.69, 9.17) is 10.5 Å². The lowest BCUT2D eigenvalue weighted by Crippen LogP contribution is -2.50. The maximum atomic E-state index is 12.1. The number of rotatable bonds is 1. The average Bonchev–Trinajstić information content (AvgIpc) is 2.38. The summed E-state index contributed by atoms with van der Waals surface area (Å²) >= 11 is 0. The van der Waals surface area contributed by atoms with Crippen LogP contribution >= 0.6 is 0 Å². The number of carbonyl (C=O) groups excluding carboxylic acids is 1. The first kappa shape index (κ1) is 15.8. The Morgan fingerprint density at radius 3 is 2.43 bits per heavy atom. The number of hydrogen-bond acceptors (Lipinski definition) is 3. The predicted octanol–water partition coefficient (Wildman–Crippen LogP) is 3.05. The Morgan fingerprint density at radius 1 is 1.29 bits per heavy atom. The zero-order valence-corrected chi connectivity index (χ0v) is 13.4. The molecule has 1 aromatic rings. The number of ether oxygens (including phenoxy) is 1. The van der Waals surface area contributed by atoms with Gasteiger partial charge >= 0.3 is 6.09 Å². The molecular weight excluding hydrogens is 264 g/mol. The van der Waals surface area contributed by atoms with Gasteiger partial charge in [-0.1, -0.05) is 29.8 Å². The first-order valence-electron chi connectivity index (χ1n) is 7.56. The summed E-state index contributed by atoms with van der Waals surface area (Å²) in [5, 5.41) is 0. The number of likely N-dealkylation sites (tertiary alicyclic amines) is 1. The molecule has 0 bridgehead atoms. The van der Waals surface area contributed by atoms with E-state index in [2.05, 4.69) is 31.2 Å². The van der Waals surface area contributed by atoms with Gasteiger partial charge in [-0.05, 0) is 39.7 Å². The van der Waals surface area contributed by atoms with Crippen LogP contribution in [0.4, 0.5) is 4.79 Å². The summed E-state index contributed by atoms with van der Waals surface area (Å²) in [6.45, 7) is 8.96. The number of nitrogens with zero attached hydrogens (tertiary/aromatic N) is 1. The molecule has 1 amide bonds. The van der Waals surface area contributed by atoms with E-state index in [1.54, 1.807) is 4.90 Å². The minimum Gasteiger partial charge on any atom is -0.444 e. The Labute approximate surface area is 127 Å². The zero-order chi connectivity index (χ0) is 15.6. The Bertz CT molecular complexity index is 491. The fourth-order valence-corrected chi connectivity index (χ4v) is 2.70. The molecule has 4 heteroatoms. The quantitative estimate of drug-likeness (QED) is 0.865. The molecular formula is C17H26N2O2. The van der Waals surface area contributed by atoms with E-state index in [9.17, 15) is 4.79 Å². The number of carbonyl (C=O) groups is 1. The highest BCUT2D eigenvalue weighted by Gasteiger charge is 2.32. The van der Waals surface area contributed by atoms with E-state index in [1.807, 2.05) is 20.8 Å². The van der Waals surface area contributed by atoms with Crippen molar-refractivity contribution in [2.24, 2.45) is 5.73 Å². The van der Waals surface area contributed by atoms with Crippen molar-refractivity contribution in [1.29, 1.82) is 0 Å². The molecule has 1 heterocycles. The molecule has 1 saturated heterocycles. The van der Waals surface area contributed by atoms with E-state index in [0.29, 0.717) is 19.0 Å². The normalized spacial score (nSPS) is 23.0. The van der Waals surface area contributed by atoms with Crippen LogP contribution in [0.25, 0.3) is 0 Å². The molecule has 2 N–H and O–H groups in total. The molecule has 1 aromatic carbocycles. The van der Waals surface area contributed by atoms with E-state index in [-0.39, 0.29) is 12.1 Å². The van der Waals surface area contributed by atoms with Gasteiger partial charge in [0.25, 0.3) is 0 Å². The highest BCUT2D eigenvalue weighted by atomic mass is 16.6. The Balaban J connectivity index is 1.99. The minimum atomic E-state index is -0.463. The van der Waals surface area contributed by atoms with Gasteiger partial charge in [-0.25, -0.2) is 4.79 Å². The van der Waals surface area contributed by atoms with Gasteiger partial charge in [0.15, 0.2) is 0 Å². The Morgan fingerprint density at radius 2 is 1.90 bits per heavy atom. The molecule has 0 radical (unpaired) electrons. The van der Waals surface area contributed by atoms with Crippen LogP contribution in [0.15, 0.2) is 24.3 Å². The van der Waals surface area contributed by atoms with Crippen LogP contribution in [0.2, 0.25) is 0 Å². The van der Waals surface area contributed by atoms with Gasteiger partial charge in [0.2, 0.25) is 0 Å². The van der Waals surface area contributed by atoms with Gasteiger partial charge in [0, 0.05) is 25.0 Å². The summed E-state index contributed by atoms with van der Waals surface area (Å²) in [5.74, 6) is 0.310. The average molecular weight is 290 g/mol. The van der Waals surface area contributed by atoms with Crippen molar-refractivity contribution in [2.45, 2.75) is 51.7 Å². The molecule has 21 heavy (non-hydrogen) atoms. The molecule has 0 unspecified atom stereocenters. The number of amides is 1. The first-order valence-corrected chi connectivity index (χ1v) is 7.56. The van der Waals surface area contributed by atoms with Crippen LogP contribution < -0.4 is 5.73 Å². The standard InChI is InChI=1S/C17H26N2O2/c1-12-5-7-13(8-6-12)14-9-10-19(11-15(14)18)16(20)21-17(2,3)4/h5-8,14-15H,9-11,18H2,1-4H3/t14-,15-/m0/s1. The molecule has 116 valence electrons. The van der Waals surface area contributed by atoms with Crippen molar-refractivity contribution in [1.82, 2.24) is 4.90 Å². The summed E-state index contributed by atoms with van der Waals surface area (Å²) in [7, 11) is 0. The van der Waals surface area contributed by atoms with Gasteiger partial charge in [0.05, 0.1) is 0 Å². The SMILES string of the molecule is Cc1ccc([C@@H]2CCN(C(=O)OC(C)(C)C)C[C@@H]2N)cc1. The summed E-state index contributed by atoms with van der Waals surface area (Å²) in [5.41, 5.74) is 8.34. The molecule has 1 aliphatic heterocycles. The summed E-state index contributed by atoms with van der Waals surface area (Å²) in [6, 6.07) is 8.46. The van der Waals surface area contributed by atoms with E-state index in [0.717, 1.165) is 6.42 Å². The van der Waals surface area contributed by atoms with E-state index in [1.165, 1.54) is 11.1 Å². The fraction of sp³-hybridized carbons (Fsp3) is 0.588. The van der Waals surface area contributed by atoms with Crippen molar-refractivity contribution in [3.63, 3.8) is 0 Å². The maximum Gasteiger partial charge on any atom is 0.410 e. The van der Waals surface area contributed by atoms with Crippen molar-refractivity contribution >= 4 is 6.09 Å². The highest BCUT2D eigenvalue weighted by Crippen LogP contribution is 2.28. The van der Waals surface area contributed by atoms with Crippen LogP contribution in [-0.2, 0) is 4.74 Å². The van der Waals surface area contributed by atoms with Crippen molar-refractivity contribution in [3.05, 3.63) is 35.4 Å². The summed E-state index contributed by atoms with van der Waals surface area (Å²) in [4.78, 5) is 13.8. The van der Waals surface area contributed by atoms with Gasteiger partial charge in [-0.15, -0.1) is 0 Å². The summed E-state index contributed by atoms with van der Waals surface area (Å²) in [6.07, 6.45) is 0.615. The number of nitrogens with two attached hydrogens (primary N) is 1. The lowest BCUT2D eigenvalue weighted by Gasteiger charge is -2.37. The molecule has 0 aromatic heterocycles. The maximum absolute atomic E-state index is 12.1. The van der Waals surface area contributed by atoms with Gasteiger partial charge in [0.1, 0.15) is 5.60 Å². The second-order valence-corrected chi connectivity index (χ2v) is 6.90. The summed E-state index contributed by atoms with van der Waals surface area (Å²) < 4.78 is 5.41. The third kappa shape index (κ3) is 4.21. The van der Waals surface area contributed by atoms with Crippen LogP contribution in [-0.4, -0.2) is 35.7 Å². The third-order valence-electron chi connectivity index (χ3n) is 3.82. The van der Waals surface area contributed by atoms with E-state index < -0.39 is 5.60 Å². The van der Waals surface area contributed by atoms with Gasteiger partial charge in [-0.2, -0.15) is 0 Å². The van der Waals surface area contributed by atoms with Gasteiger partial charge < -0.3 is 15.4 Å². The molecule has 4 nitrogen and oxygen atoms in total. The predicted molar refractivity (Wildman–Crippen MR) is 84.3 cm³/mol. The number of benzene rings is 1. The van der Waals surface area contributed by atoms with Crippen molar-refractivity contribution in [3.8, 4) is 0 Å². The largest absolute Gasteiger partial charge is 0.444 e. The fourth-order valence-electron chi connectivity index (χ4n) is 2.70. The molecule has 0 aliphatic carbocycles. The second-order valence-electron chi connectivity index (χ2n) is 6.90. The molecule has 0 saturated carbocycles. The van der Waals surface area contributed by atoms with Gasteiger partial charge in [-0.3, -0.25) is 0 Å². The lowest BCUT2D eigenvalue weighted by molar-refractivity contribution is 0.0186. The second kappa shape index (κ2) is 6.06. The smallest absolute Gasteiger partial charge is 0.410 e. The Hall–Kier alpha value is -1.55. The van der Waals surface area contributed by atoms with Crippen LogP contribution in [0.5, 0.6) is 0 Å². The molecule has 2 rings (SSSR count). The molecule has 1 aliphatic rings. The van der Waals surface area contributed by atoms with Crippen LogP contribution in [0.3, 0.4) is 0 Å². The lowest BCUT2D eigenvalue weighted by atomic mass is 9.85.